The second-order valence-corrected chi connectivity index (χ2v) is 5.59. The lowest BCUT2D eigenvalue weighted by Crippen LogP contribution is -2.40. The van der Waals surface area contributed by atoms with Crippen LogP contribution in [0.2, 0.25) is 0 Å². The van der Waals surface area contributed by atoms with Gasteiger partial charge in [0.15, 0.2) is 0 Å². The summed E-state index contributed by atoms with van der Waals surface area (Å²) in [5, 5.41) is 3.56. The fraction of sp³-hybridized carbons (Fsp3) is 0.467. The van der Waals surface area contributed by atoms with Crippen LogP contribution in [0, 0.1) is 12.3 Å². The first-order valence-corrected chi connectivity index (χ1v) is 7.01. The number of hydrogen-bond acceptors (Lipinski definition) is 1. The SMILES string of the molecule is C#CCCCNC1CC(c2ccc(Br)cc2)C1. The summed E-state index contributed by atoms with van der Waals surface area (Å²) in [6.07, 6.45) is 9.72. The zero-order valence-electron chi connectivity index (χ0n) is 9.95. The van der Waals surface area contributed by atoms with Gasteiger partial charge in [-0.05, 0) is 49.4 Å². The molecule has 1 nitrogen and oxygen atoms in total. The van der Waals surface area contributed by atoms with Crippen LogP contribution in [0.15, 0.2) is 28.7 Å². The number of nitrogens with one attached hydrogen (secondary N) is 1. The lowest BCUT2D eigenvalue weighted by molar-refractivity contribution is 0.291. The average Bonchev–Trinajstić information content (AvgIpc) is 2.28. The van der Waals surface area contributed by atoms with Gasteiger partial charge in [-0.25, -0.2) is 0 Å². The van der Waals surface area contributed by atoms with Gasteiger partial charge in [-0.2, -0.15) is 0 Å². The van der Waals surface area contributed by atoms with Crippen LogP contribution in [0.1, 0.15) is 37.2 Å². The molecule has 90 valence electrons. The summed E-state index contributed by atoms with van der Waals surface area (Å²) in [4.78, 5) is 0. The Kier molecular flexibility index (Phi) is 4.65. The lowest BCUT2D eigenvalue weighted by atomic mass is 9.76. The second kappa shape index (κ2) is 6.23. The van der Waals surface area contributed by atoms with Gasteiger partial charge in [0.1, 0.15) is 0 Å². The summed E-state index contributed by atoms with van der Waals surface area (Å²) in [6, 6.07) is 9.40. The maximum absolute atomic E-state index is 5.22. The van der Waals surface area contributed by atoms with E-state index in [-0.39, 0.29) is 0 Å². The molecule has 0 radical (unpaired) electrons. The number of halogens is 1. The molecule has 0 heterocycles. The van der Waals surface area contributed by atoms with Crippen molar-refractivity contribution in [3.63, 3.8) is 0 Å². The molecule has 0 unspecified atom stereocenters. The Balaban J connectivity index is 1.68. The largest absolute Gasteiger partial charge is 0.314 e. The van der Waals surface area contributed by atoms with Crippen LogP contribution in [0.3, 0.4) is 0 Å². The molecule has 0 atom stereocenters. The van der Waals surface area contributed by atoms with Gasteiger partial charge < -0.3 is 5.32 Å². The van der Waals surface area contributed by atoms with Crippen molar-refractivity contribution in [2.75, 3.05) is 6.54 Å². The molecule has 2 heteroatoms. The molecule has 0 bridgehead atoms. The van der Waals surface area contributed by atoms with Gasteiger partial charge in [0.25, 0.3) is 0 Å². The highest BCUT2D eigenvalue weighted by atomic mass is 79.9. The molecular formula is C15H18BrN. The zero-order chi connectivity index (χ0) is 12.1. The van der Waals surface area contributed by atoms with Crippen molar-refractivity contribution in [3.8, 4) is 12.3 Å². The summed E-state index contributed by atoms with van der Waals surface area (Å²) in [7, 11) is 0. The first kappa shape index (κ1) is 12.7. The fourth-order valence-corrected chi connectivity index (χ4v) is 2.55. The topological polar surface area (TPSA) is 12.0 Å². The standard InChI is InChI=1S/C15H18BrN/c1-2-3-4-9-17-15-10-13(11-15)12-5-7-14(16)8-6-12/h1,5-8,13,15,17H,3-4,9-11H2. The molecular weight excluding hydrogens is 274 g/mol. The van der Waals surface area contributed by atoms with E-state index in [2.05, 4.69) is 51.4 Å². The lowest BCUT2D eigenvalue weighted by Gasteiger charge is -2.36. The Morgan fingerprint density at radius 2 is 2.00 bits per heavy atom. The second-order valence-electron chi connectivity index (χ2n) is 4.68. The zero-order valence-corrected chi connectivity index (χ0v) is 11.5. The molecule has 1 fully saturated rings. The minimum Gasteiger partial charge on any atom is -0.314 e. The van der Waals surface area contributed by atoms with E-state index >= 15 is 0 Å². The molecule has 1 aliphatic rings. The van der Waals surface area contributed by atoms with Gasteiger partial charge in [-0.1, -0.05) is 28.1 Å². The Hall–Kier alpha value is -0.780. The Bertz CT molecular complexity index is 384. The van der Waals surface area contributed by atoms with E-state index in [1.165, 1.54) is 18.4 Å². The van der Waals surface area contributed by atoms with Gasteiger partial charge in [0.05, 0.1) is 0 Å². The third kappa shape index (κ3) is 3.59. The summed E-state index contributed by atoms with van der Waals surface area (Å²) >= 11 is 3.47. The number of rotatable bonds is 5. The predicted octanol–water partition coefficient (Wildman–Crippen LogP) is 3.70. The van der Waals surface area contributed by atoms with Gasteiger partial charge in [-0.3, -0.25) is 0 Å². The minimum absolute atomic E-state index is 0.696. The van der Waals surface area contributed by atoms with Crippen LogP contribution < -0.4 is 5.32 Å². The molecule has 2 rings (SSSR count). The highest BCUT2D eigenvalue weighted by Gasteiger charge is 2.29. The van der Waals surface area contributed by atoms with Crippen molar-refractivity contribution >= 4 is 15.9 Å². The minimum atomic E-state index is 0.696. The number of unbranched alkanes of at least 4 members (excludes halogenated alkanes) is 1. The van der Waals surface area contributed by atoms with Gasteiger partial charge >= 0.3 is 0 Å². The number of terminal acetylenes is 1. The smallest absolute Gasteiger partial charge is 0.0175 e. The summed E-state index contributed by atoms with van der Waals surface area (Å²) < 4.78 is 1.16. The van der Waals surface area contributed by atoms with E-state index in [4.69, 9.17) is 6.42 Å². The Labute approximate surface area is 112 Å². The molecule has 0 aromatic heterocycles. The Morgan fingerprint density at radius 3 is 2.65 bits per heavy atom. The molecule has 1 N–H and O–H groups in total. The third-order valence-electron chi connectivity index (χ3n) is 3.41. The van der Waals surface area contributed by atoms with E-state index < -0.39 is 0 Å². The maximum Gasteiger partial charge on any atom is 0.0175 e. The van der Waals surface area contributed by atoms with Crippen molar-refractivity contribution in [1.82, 2.24) is 5.32 Å². The molecule has 17 heavy (non-hydrogen) atoms. The first-order valence-electron chi connectivity index (χ1n) is 6.22. The van der Waals surface area contributed by atoms with Crippen LogP contribution in [-0.2, 0) is 0 Å². The summed E-state index contributed by atoms with van der Waals surface area (Å²) in [5.41, 5.74) is 1.47. The van der Waals surface area contributed by atoms with Crippen molar-refractivity contribution in [2.24, 2.45) is 0 Å². The van der Waals surface area contributed by atoms with Gasteiger partial charge in [-0.15, -0.1) is 12.3 Å². The van der Waals surface area contributed by atoms with Gasteiger partial charge in [0.2, 0.25) is 0 Å². The summed E-state index contributed by atoms with van der Waals surface area (Å²) in [5.74, 6) is 3.42. The predicted molar refractivity (Wildman–Crippen MR) is 76.0 cm³/mol. The average molecular weight is 292 g/mol. The first-order chi connectivity index (χ1) is 8.29. The maximum atomic E-state index is 5.22. The molecule has 0 aliphatic heterocycles. The molecule has 1 aliphatic carbocycles. The molecule has 1 aromatic rings. The van der Waals surface area contributed by atoms with E-state index in [1.807, 2.05) is 0 Å². The third-order valence-corrected chi connectivity index (χ3v) is 3.94. The van der Waals surface area contributed by atoms with Crippen LogP contribution in [0.25, 0.3) is 0 Å². The molecule has 1 aromatic carbocycles. The molecule has 0 saturated heterocycles. The number of benzene rings is 1. The molecule has 0 amide bonds. The van der Waals surface area contributed by atoms with Gasteiger partial charge in [0, 0.05) is 16.9 Å². The van der Waals surface area contributed by atoms with E-state index in [9.17, 15) is 0 Å². The highest BCUT2D eigenvalue weighted by molar-refractivity contribution is 9.10. The molecule has 0 spiro atoms. The van der Waals surface area contributed by atoms with Crippen LogP contribution in [0.5, 0.6) is 0 Å². The van der Waals surface area contributed by atoms with Crippen LogP contribution >= 0.6 is 15.9 Å². The van der Waals surface area contributed by atoms with Crippen molar-refractivity contribution in [3.05, 3.63) is 34.3 Å². The fourth-order valence-electron chi connectivity index (χ4n) is 2.29. The van der Waals surface area contributed by atoms with Crippen LogP contribution in [-0.4, -0.2) is 12.6 Å². The van der Waals surface area contributed by atoms with E-state index in [0.29, 0.717) is 6.04 Å². The van der Waals surface area contributed by atoms with Crippen molar-refractivity contribution < 1.29 is 0 Å². The van der Waals surface area contributed by atoms with Crippen molar-refractivity contribution in [1.29, 1.82) is 0 Å². The Morgan fingerprint density at radius 1 is 1.29 bits per heavy atom. The van der Waals surface area contributed by atoms with E-state index in [1.54, 1.807) is 0 Å². The monoisotopic (exact) mass is 291 g/mol. The number of hydrogen-bond donors (Lipinski definition) is 1. The molecule has 1 saturated carbocycles. The van der Waals surface area contributed by atoms with Crippen LogP contribution in [0.4, 0.5) is 0 Å². The highest BCUT2D eigenvalue weighted by Crippen LogP contribution is 2.37. The summed E-state index contributed by atoms with van der Waals surface area (Å²) in [6.45, 7) is 1.06. The van der Waals surface area contributed by atoms with Crippen molar-refractivity contribution in [2.45, 2.75) is 37.6 Å². The normalized spacial score (nSPS) is 22.8. The quantitative estimate of drug-likeness (QED) is 0.644. The van der Waals surface area contributed by atoms with E-state index in [0.717, 1.165) is 29.8 Å².